The molecule has 0 spiro atoms. The van der Waals surface area contributed by atoms with Crippen LogP contribution in [0, 0.1) is 18.8 Å². The molecule has 1 aliphatic heterocycles. The van der Waals surface area contributed by atoms with Crippen LogP contribution in [0.25, 0.3) is 0 Å². The second-order valence-corrected chi connectivity index (χ2v) is 7.05. The number of aryl methyl sites for hydroxylation is 1. The van der Waals surface area contributed by atoms with E-state index in [0.717, 1.165) is 37.2 Å². The Bertz CT molecular complexity index is 592. The van der Waals surface area contributed by atoms with Gasteiger partial charge in [0, 0.05) is 31.8 Å². The van der Waals surface area contributed by atoms with Crippen molar-refractivity contribution < 1.29 is 9.59 Å². The van der Waals surface area contributed by atoms with Gasteiger partial charge < -0.3 is 15.5 Å². The Kier molecular flexibility index (Phi) is 6.37. The average molecular weight is 331 g/mol. The molecule has 1 atom stereocenters. The van der Waals surface area contributed by atoms with E-state index >= 15 is 0 Å². The lowest BCUT2D eigenvalue weighted by atomic mass is 9.84. The maximum Gasteiger partial charge on any atom is 0.253 e. The van der Waals surface area contributed by atoms with Crippen molar-refractivity contribution in [2.24, 2.45) is 11.8 Å². The fourth-order valence-electron chi connectivity index (χ4n) is 3.31. The van der Waals surface area contributed by atoms with Gasteiger partial charge in [-0.1, -0.05) is 6.92 Å². The number of amides is 2. The quantitative estimate of drug-likeness (QED) is 0.872. The van der Waals surface area contributed by atoms with Gasteiger partial charge >= 0.3 is 0 Å². The van der Waals surface area contributed by atoms with E-state index in [1.54, 1.807) is 31.1 Å². The minimum Gasteiger partial charge on any atom is -0.345 e. The van der Waals surface area contributed by atoms with Crippen LogP contribution in [0.4, 0.5) is 5.69 Å². The normalized spacial score (nSPS) is 16.5. The predicted octanol–water partition coefficient (Wildman–Crippen LogP) is 2.66. The van der Waals surface area contributed by atoms with Crippen molar-refractivity contribution >= 4 is 17.5 Å². The first-order valence-electron chi connectivity index (χ1n) is 8.71. The van der Waals surface area contributed by atoms with Crippen molar-refractivity contribution in [1.82, 2.24) is 10.2 Å². The fourth-order valence-corrected chi connectivity index (χ4v) is 3.31. The zero-order valence-corrected chi connectivity index (χ0v) is 15.2. The first-order valence-corrected chi connectivity index (χ1v) is 8.71. The lowest BCUT2D eigenvalue weighted by Crippen LogP contribution is -2.32. The van der Waals surface area contributed by atoms with Crippen molar-refractivity contribution in [2.75, 3.05) is 32.5 Å². The molecule has 1 aromatic rings. The predicted molar refractivity (Wildman–Crippen MR) is 97.2 cm³/mol. The SMILES string of the molecule is Cc1cc(NC(=O)CC(C)C2CCNCC2)ccc1C(=O)N(C)C. The maximum atomic E-state index is 12.3. The number of carbonyl (C=O) groups excluding carboxylic acids is 2. The summed E-state index contributed by atoms with van der Waals surface area (Å²) in [7, 11) is 3.47. The van der Waals surface area contributed by atoms with Crippen molar-refractivity contribution in [3.8, 4) is 0 Å². The van der Waals surface area contributed by atoms with Gasteiger partial charge in [-0.25, -0.2) is 0 Å². The second kappa shape index (κ2) is 8.29. The molecule has 1 fully saturated rings. The molecule has 2 amide bonds. The molecule has 1 heterocycles. The van der Waals surface area contributed by atoms with E-state index in [4.69, 9.17) is 0 Å². The molecule has 132 valence electrons. The number of rotatable bonds is 5. The van der Waals surface area contributed by atoms with Gasteiger partial charge in [0.1, 0.15) is 0 Å². The van der Waals surface area contributed by atoms with Crippen LogP contribution in [-0.2, 0) is 4.79 Å². The Hall–Kier alpha value is -1.88. The molecule has 0 saturated carbocycles. The maximum absolute atomic E-state index is 12.3. The largest absolute Gasteiger partial charge is 0.345 e. The second-order valence-electron chi connectivity index (χ2n) is 7.05. The van der Waals surface area contributed by atoms with E-state index < -0.39 is 0 Å². The summed E-state index contributed by atoms with van der Waals surface area (Å²) in [4.78, 5) is 25.9. The summed E-state index contributed by atoms with van der Waals surface area (Å²) in [6.45, 7) is 6.16. The number of carbonyl (C=O) groups is 2. The number of nitrogens with one attached hydrogen (secondary N) is 2. The van der Waals surface area contributed by atoms with Crippen LogP contribution in [0.3, 0.4) is 0 Å². The van der Waals surface area contributed by atoms with E-state index in [-0.39, 0.29) is 11.8 Å². The van der Waals surface area contributed by atoms with E-state index in [0.29, 0.717) is 23.8 Å². The van der Waals surface area contributed by atoms with Gasteiger partial charge in [0.15, 0.2) is 0 Å². The molecule has 0 aliphatic carbocycles. The first-order chi connectivity index (χ1) is 11.4. The smallest absolute Gasteiger partial charge is 0.253 e. The number of piperidine rings is 1. The van der Waals surface area contributed by atoms with Crippen molar-refractivity contribution in [1.29, 1.82) is 0 Å². The van der Waals surface area contributed by atoms with Crippen LogP contribution in [0.15, 0.2) is 18.2 Å². The third-order valence-corrected chi connectivity index (χ3v) is 4.84. The van der Waals surface area contributed by atoms with Gasteiger partial charge in [-0.3, -0.25) is 9.59 Å². The van der Waals surface area contributed by atoms with Gasteiger partial charge in [-0.2, -0.15) is 0 Å². The highest BCUT2D eigenvalue weighted by atomic mass is 16.2. The molecule has 0 bridgehead atoms. The Morgan fingerprint density at radius 2 is 1.96 bits per heavy atom. The summed E-state index contributed by atoms with van der Waals surface area (Å²) < 4.78 is 0. The molecule has 0 aromatic heterocycles. The Morgan fingerprint density at radius 1 is 1.29 bits per heavy atom. The van der Waals surface area contributed by atoms with Crippen molar-refractivity contribution in [3.63, 3.8) is 0 Å². The van der Waals surface area contributed by atoms with Gasteiger partial charge in [0.05, 0.1) is 0 Å². The van der Waals surface area contributed by atoms with E-state index in [2.05, 4.69) is 17.6 Å². The van der Waals surface area contributed by atoms with Crippen LogP contribution >= 0.6 is 0 Å². The molecule has 2 N–H and O–H groups in total. The third-order valence-electron chi connectivity index (χ3n) is 4.84. The summed E-state index contributed by atoms with van der Waals surface area (Å²) in [5, 5.41) is 6.33. The van der Waals surface area contributed by atoms with Crippen LogP contribution in [0.1, 0.15) is 42.1 Å². The van der Waals surface area contributed by atoms with Gasteiger partial charge in [0.2, 0.25) is 5.91 Å². The Balaban J connectivity index is 1.94. The van der Waals surface area contributed by atoms with E-state index in [1.165, 1.54) is 0 Å². The molecule has 1 unspecified atom stereocenters. The molecule has 0 radical (unpaired) electrons. The third kappa shape index (κ3) is 4.81. The van der Waals surface area contributed by atoms with Gasteiger partial charge in [0.25, 0.3) is 5.91 Å². The zero-order valence-electron chi connectivity index (χ0n) is 15.2. The van der Waals surface area contributed by atoms with Gasteiger partial charge in [-0.05, 0) is 68.5 Å². The van der Waals surface area contributed by atoms with Crippen LogP contribution in [0.2, 0.25) is 0 Å². The molecule has 24 heavy (non-hydrogen) atoms. The summed E-state index contributed by atoms with van der Waals surface area (Å²) in [5.41, 5.74) is 2.30. The topological polar surface area (TPSA) is 61.4 Å². The minimum atomic E-state index is -0.0232. The molecule has 1 saturated heterocycles. The highest BCUT2D eigenvalue weighted by molar-refractivity contribution is 5.97. The minimum absolute atomic E-state index is 0.0232. The van der Waals surface area contributed by atoms with E-state index in [9.17, 15) is 9.59 Å². The molecule has 1 aliphatic rings. The number of hydrogen-bond acceptors (Lipinski definition) is 3. The number of nitrogens with zero attached hydrogens (tertiary/aromatic N) is 1. The molecular weight excluding hydrogens is 302 g/mol. The molecule has 5 heteroatoms. The Labute approximate surface area is 144 Å². The molecular formula is C19H29N3O2. The monoisotopic (exact) mass is 331 g/mol. The lowest BCUT2D eigenvalue weighted by Gasteiger charge is -2.27. The number of anilines is 1. The molecule has 5 nitrogen and oxygen atoms in total. The summed E-state index contributed by atoms with van der Waals surface area (Å²) in [6.07, 6.45) is 2.84. The zero-order chi connectivity index (χ0) is 17.7. The van der Waals surface area contributed by atoms with Crippen LogP contribution in [-0.4, -0.2) is 43.9 Å². The van der Waals surface area contributed by atoms with Gasteiger partial charge in [-0.15, -0.1) is 0 Å². The van der Waals surface area contributed by atoms with Crippen LogP contribution in [0.5, 0.6) is 0 Å². The first kappa shape index (κ1) is 18.5. The average Bonchev–Trinajstić information content (AvgIpc) is 2.55. The number of benzene rings is 1. The number of hydrogen-bond donors (Lipinski definition) is 2. The highest BCUT2D eigenvalue weighted by Gasteiger charge is 2.22. The summed E-state index contributed by atoms with van der Waals surface area (Å²) in [5.74, 6) is 1.04. The van der Waals surface area contributed by atoms with Crippen LogP contribution < -0.4 is 10.6 Å². The molecule has 1 aromatic carbocycles. The lowest BCUT2D eigenvalue weighted by molar-refractivity contribution is -0.117. The van der Waals surface area contributed by atoms with Crippen molar-refractivity contribution in [3.05, 3.63) is 29.3 Å². The standard InChI is InChI=1S/C19H29N3O2/c1-13(15-7-9-20-10-8-15)12-18(23)21-16-5-6-17(14(2)11-16)19(24)22(3)4/h5-6,11,13,15,20H,7-10,12H2,1-4H3,(H,21,23). The summed E-state index contributed by atoms with van der Waals surface area (Å²) >= 11 is 0. The van der Waals surface area contributed by atoms with E-state index in [1.807, 2.05) is 13.0 Å². The van der Waals surface area contributed by atoms with Crippen molar-refractivity contribution in [2.45, 2.75) is 33.1 Å². The fraction of sp³-hybridized carbons (Fsp3) is 0.579. The highest BCUT2D eigenvalue weighted by Crippen LogP contribution is 2.25. The Morgan fingerprint density at radius 3 is 2.54 bits per heavy atom. The molecule has 2 rings (SSSR count). The summed E-state index contributed by atoms with van der Waals surface area (Å²) in [6, 6.07) is 5.45.